The smallest absolute Gasteiger partial charge is 0.257 e. The molecule has 0 unspecified atom stereocenters. The van der Waals surface area contributed by atoms with Crippen molar-refractivity contribution in [3.63, 3.8) is 0 Å². The number of nitrogens with zero attached hydrogens (tertiary/aromatic N) is 1. The maximum atomic E-state index is 12.3. The van der Waals surface area contributed by atoms with Crippen LogP contribution in [0.5, 0.6) is 11.5 Å². The Morgan fingerprint density at radius 3 is 2.75 bits per heavy atom. The summed E-state index contributed by atoms with van der Waals surface area (Å²) in [4.78, 5) is 14.9. The molecule has 1 amide bonds. The lowest BCUT2D eigenvalue weighted by atomic mass is 10.1. The zero-order valence-electron chi connectivity index (χ0n) is 11.1. The van der Waals surface area contributed by atoms with Crippen LogP contribution in [-0.4, -0.2) is 30.1 Å². The Kier molecular flexibility index (Phi) is 4.67. The van der Waals surface area contributed by atoms with Gasteiger partial charge >= 0.3 is 0 Å². The number of halogens is 1. The van der Waals surface area contributed by atoms with Crippen LogP contribution >= 0.6 is 27.3 Å². The molecule has 4 nitrogen and oxygen atoms in total. The lowest BCUT2D eigenvalue weighted by Crippen LogP contribution is -2.25. The van der Waals surface area contributed by atoms with Gasteiger partial charge in [-0.05, 0) is 34.1 Å². The topological polar surface area (TPSA) is 49.8 Å². The molecule has 1 aromatic carbocycles. The predicted molar refractivity (Wildman–Crippen MR) is 82.5 cm³/mol. The van der Waals surface area contributed by atoms with Crippen molar-refractivity contribution in [2.75, 3.05) is 14.2 Å². The first-order chi connectivity index (χ1) is 9.51. The molecule has 0 aliphatic heterocycles. The minimum atomic E-state index is -0.227. The standard InChI is InChI=1S/C14H14BrNO3S/c1-16(7-11-5-9(15)8-20-11)14(18)12-4-3-10(19-2)6-13(12)17/h3-6,8,17H,7H2,1-2H3. The fraction of sp³-hybridized carbons (Fsp3) is 0.214. The third kappa shape index (κ3) is 3.32. The Morgan fingerprint density at radius 1 is 1.45 bits per heavy atom. The van der Waals surface area contributed by atoms with Gasteiger partial charge in [0, 0.05) is 27.8 Å². The van der Waals surface area contributed by atoms with Gasteiger partial charge in [-0.15, -0.1) is 11.3 Å². The Balaban J connectivity index is 2.14. The first kappa shape index (κ1) is 14.9. The molecule has 20 heavy (non-hydrogen) atoms. The molecule has 2 rings (SSSR count). The van der Waals surface area contributed by atoms with E-state index in [-0.39, 0.29) is 17.2 Å². The van der Waals surface area contributed by atoms with Crippen molar-refractivity contribution in [3.05, 3.63) is 44.6 Å². The number of rotatable bonds is 4. The van der Waals surface area contributed by atoms with Gasteiger partial charge in [0.05, 0.1) is 19.2 Å². The monoisotopic (exact) mass is 355 g/mol. The summed E-state index contributed by atoms with van der Waals surface area (Å²) < 4.78 is 6.01. The maximum Gasteiger partial charge on any atom is 0.257 e. The molecule has 0 radical (unpaired) electrons. The number of carbonyl (C=O) groups is 1. The fourth-order valence-corrected chi connectivity index (χ4v) is 3.27. The van der Waals surface area contributed by atoms with Crippen LogP contribution in [0.15, 0.2) is 34.1 Å². The minimum Gasteiger partial charge on any atom is -0.507 e. The van der Waals surface area contributed by atoms with Gasteiger partial charge in [0.25, 0.3) is 5.91 Å². The van der Waals surface area contributed by atoms with Crippen molar-refractivity contribution in [1.29, 1.82) is 0 Å². The van der Waals surface area contributed by atoms with Crippen LogP contribution in [0.3, 0.4) is 0 Å². The average molecular weight is 356 g/mol. The van der Waals surface area contributed by atoms with Crippen LogP contribution in [0, 0.1) is 0 Å². The number of hydrogen-bond acceptors (Lipinski definition) is 4. The van der Waals surface area contributed by atoms with Crippen LogP contribution in [0.25, 0.3) is 0 Å². The number of thiophene rings is 1. The largest absolute Gasteiger partial charge is 0.507 e. The third-order valence-corrected chi connectivity index (χ3v) is 4.48. The van der Waals surface area contributed by atoms with E-state index in [9.17, 15) is 9.90 Å². The van der Waals surface area contributed by atoms with E-state index in [1.807, 2.05) is 11.4 Å². The van der Waals surface area contributed by atoms with E-state index in [1.54, 1.807) is 35.4 Å². The molecule has 1 aromatic heterocycles. The number of amides is 1. The van der Waals surface area contributed by atoms with Crippen LogP contribution in [0.1, 0.15) is 15.2 Å². The maximum absolute atomic E-state index is 12.3. The fourth-order valence-electron chi connectivity index (χ4n) is 1.77. The van der Waals surface area contributed by atoms with Crippen LogP contribution in [0.4, 0.5) is 0 Å². The van der Waals surface area contributed by atoms with Crippen molar-refractivity contribution < 1.29 is 14.6 Å². The van der Waals surface area contributed by atoms with Gasteiger partial charge in [-0.2, -0.15) is 0 Å². The summed E-state index contributed by atoms with van der Waals surface area (Å²) in [6.07, 6.45) is 0. The number of ether oxygens (including phenoxy) is 1. The molecule has 0 saturated carbocycles. The highest BCUT2D eigenvalue weighted by molar-refractivity contribution is 9.10. The molecule has 1 heterocycles. The molecule has 106 valence electrons. The normalized spacial score (nSPS) is 10.3. The highest BCUT2D eigenvalue weighted by atomic mass is 79.9. The molecule has 0 aliphatic rings. The summed E-state index contributed by atoms with van der Waals surface area (Å²) >= 11 is 4.96. The minimum absolute atomic E-state index is 0.0754. The number of methoxy groups -OCH3 is 1. The molecule has 2 aromatic rings. The number of hydrogen-bond donors (Lipinski definition) is 1. The van der Waals surface area contributed by atoms with Crippen molar-refractivity contribution >= 4 is 33.2 Å². The zero-order valence-corrected chi connectivity index (χ0v) is 13.5. The number of aromatic hydroxyl groups is 1. The molecule has 0 spiro atoms. The molecule has 1 N–H and O–H groups in total. The SMILES string of the molecule is COc1ccc(C(=O)N(C)Cc2cc(Br)cs2)c(O)c1. The molecule has 0 atom stereocenters. The van der Waals surface area contributed by atoms with Gasteiger partial charge in [0.15, 0.2) is 0 Å². The number of carbonyl (C=O) groups excluding carboxylic acids is 1. The number of phenolic OH excluding ortho intramolecular Hbond substituents is 1. The first-order valence-corrected chi connectivity index (χ1v) is 7.54. The summed E-state index contributed by atoms with van der Waals surface area (Å²) in [5, 5.41) is 11.9. The second kappa shape index (κ2) is 6.28. The molecule has 0 saturated heterocycles. The Bertz CT molecular complexity index is 627. The van der Waals surface area contributed by atoms with Gasteiger partial charge in [-0.3, -0.25) is 4.79 Å². The number of phenols is 1. The van der Waals surface area contributed by atoms with Gasteiger partial charge in [0.2, 0.25) is 0 Å². The quantitative estimate of drug-likeness (QED) is 0.912. The zero-order chi connectivity index (χ0) is 14.7. The Hall–Kier alpha value is -1.53. The predicted octanol–water partition coefficient (Wildman–Crippen LogP) is 3.50. The summed E-state index contributed by atoms with van der Waals surface area (Å²) in [7, 11) is 3.22. The summed E-state index contributed by atoms with van der Waals surface area (Å²) in [5.74, 6) is 0.215. The Labute approximate surface area is 129 Å². The van der Waals surface area contributed by atoms with E-state index >= 15 is 0 Å². The second-order valence-electron chi connectivity index (χ2n) is 4.28. The summed E-state index contributed by atoms with van der Waals surface area (Å²) in [6.45, 7) is 0.501. The van der Waals surface area contributed by atoms with E-state index in [0.29, 0.717) is 12.3 Å². The molecule has 0 fully saturated rings. The van der Waals surface area contributed by atoms with E-state index < -0.39 is 0 Å². The van der Waals surface area contributed by atoms with Gasteiger partial charge in [-0.1, -0.05) is 0 Å². The van der Waals surface area contributed by atoms with Crippen molar-refractivity contribution in [1.82, 2.24) is 4.90 Å². The van der Waals surface area contributed by atoms with Gasteiger partial charge in [-0.25, -0.2) is 0 Å². The molecular weight excluding hydrogens is 342 g/mol. The Morgan fingerprint density at radius 2 is 2.20 bits per heavy atom. The molecule has 0 aliphatic carbocycles. The van der Waals surface area contributed by atoms with E-state index in [4.69, 9.17) is 4.74 Å². The van der Waals surface area contributed by atoms with E-state index in [1.165, 1.54) is 13.2 Å². The molecule has 0 bridgehead atoms. The lowest BCUT2D eigenvalue weighted by Gasteiger charge is -2.17. The lowest BCUT2D eigenvalue weighted by molar-refractivity contribution is 0.0783. The second-order valence-corrected chi connectivity index (χ2v) is 6.19. The third-order valence-electron chi connectivity index (χ3n) is 2.80. The van der Waals surface area contributed by atoms with Crippen LogP contribution in [-0.2, 0) is 6.54 Å². The average Bonchev–Trinajstić information content (AvgIpc) is 2.83. The highest BCUT2D eigenvalue weighted by Gasteiger charge is 2.17. The first-order valence-electron chi connectivity index (χ1n) is 5.86. The molecule has 6 heteroatoms. The molecular formula is C14H14BrNO3S. The van der Waals surface area contributed by atoms with Crippen molar-refractivity contribution in [2.24, 2.45) is 0 Å². The van der Waals surface area contributed by atoms with Gasteiger partial charge in [0.1, 0.15) is 11.5 Å². The van der Waals surface area contributed by atoms with Crippen LogP contribution in [0.2, 0.25) is 0 Å². The van der Waals surface area contributed by atoms with Gasteiger partial charge < -0.3 is 14.7 Å². The van der Waals surface area contributed by atoms with E-state index in [0.717, 1.165) is 9.35 Å². The van der Waals surface area contributed by atoms with Crippen LogP contribution < -0.4 is 4.74 Å². The van der Waals surface area contributed by atoms with E-state index in [2.05, 4.69) is 15.9 Å². The van der Waals surface area contributed by atoms with Crippen molar-refractivity contribution in [3.8, 4) is 11.5 Å². The summed E-state index contributed by atoms with van der Waals surface area (Å²) in [5.41, 5.74) is 0.268. The number of benzene rings is 1. The van der Waals surface area contributed by atoms with Crippen molar-refractivity contribution in [2.45, 2.75) is 6.54 Å². The highest BCUT2D eigenvalue weighted by Crippen LogP contribution is 2.26. The summed E-state index contributed by atoms with van der Waals surface area (Å²) in [6, 6.07) is 6.63.